The van der Waals surface area contributed by atoms with Gasteiger partial charge in [0.15, 0.2) is 0 Å². The number of nitrogens with zero attached hydrogens (tertiary/aromatic N) is 4. The third-order valence-corrected chi connectivity index (χ3v) is 16.5. The van der Waals surface area contributed by atoms with E-state index in [1.807, 2.05) is 155 Å². The Bertz CT molecular complexity index is 5470. The second-order valence-corrected chi connectivity index (χ2v) is 20.8. The van der Waals surface area contributed by atoms with E-state index in [-0.39, 0.29) is 35.5 Å². The van der Waals surface area contributed by atoms with Crippen LogP contribution in [0.3, 0.4) is 0 Å². The van der Waals surface area contributed by atoms with E-state index in [2.05, 4.69) is 106 Å². The Kier molecular flexibility index (Phi) is 8.27. The Morgan fingerprint density at radius 3 is 0.976 bits per heavy atom. The van der Waals surface area contributed by atoms with Crippen molar-refractivity contribution in [3.63, 3.8) is 0 Å². The van der Waals surface area contributed by atoms with Crippen molar-refractivity contribution in [2.45, 2.75) is 0 Å². The third-order valence-electron chi connectivity index (χ3n) is 16.5. The van der Waals surface area contributed by atoms with Crippen LogP contribution in [0.2, 0.25) is 0 Å². The predicted molar refractivity (Wildman–Crippen MR) is 347 cm³/mol. The molecule has 13 aromatic carbocycles. The normalized spacial score (nSPS) is 13.6. The number of fused-ring (bicyclic) bond motifs is 12. The number of benzene rings is 13. The first-order valence-corrected chi connectivity index (χ1v) is 27.4. The first kappa shape index (κ1) is 37.0. The minimum atomic E-state index is -0.474. The van der Waals surface area contributed by atoms with Crippen molar-refractivity contribution >= 4 is 110 Å². The summed E-state index contributed by atoms with van der Waals surface area (Å²) in [5, 5.41) is 7.45. The molecule has 0 aliphatic rings. The summed E-state index contributed by atoms with van der Waals surface area (Å²) in [6, 6.07) is 77.9. The summed E-state index contributed by atoms with van der Waals surface area (Å²) in [4.78, 5) is 3.69. The zero-order valence-electron chi connectivity index (χ0n) is 53.9. The van der Waals surface area contributed by atoms with Gasteiger partial charge < -0.3 is 18.6 Å². The maximum Gasteiger partial charge on any atom is 0.0645 e. The smallest absolute Gasteiger partial charge is 0.0645 e. The number of hydrogen-bond acceptors (Lipinski definition) is 2. The van der Waals surface area contributed by atoms with Crippen LogP contribution in [0.5, 0.6) is 0 Å². The van der Waals surface area contributed by atoms with Gasteiger partial charge in [-0.3, -0.25) is 0 Å². The van der Waals surface area contributed by atoms with Crippen molar-refractivity contribution < 1.29 is 13.7 Å². The average Bonchev–Trinajstić information content (AvgIpc) is 1.49. The van der Waals surface area contributed by atoms with Crippen molar-refractivity contribution in [2.75, 3.05) is 9.80 Å². The summed E-state index contributed by atoms with van der Waals surface area (Å²) in [6.45, 7) is 0. The van der Waals surface area contributed by atoms with Crippen molar-refractivity contribution in [2.24, 2.45) is 0 Å². The molecule has 0 aliphatic carbocycles. The molecule has 0 saturated carbocycles. The summed E-state index contributed by atoms with van der Waals surface area (Å²) in [6.07, 6.45) is 0. The van der Waals surface area contributed by atoms with Gasteiger partial charge in [0.25, 0.3) is 0 Å². The summed E-state index contributed by atoms with van der Waals surface area (Å²) < 4.78 is 96.6. The number of rotatable bonds is 10. The summed E-state index contributed by atoms with van der Waals surface area (Å²) in [5.74, 6) is 0. The van der Waals surface area contributed by atoms with Crippen LogP contribution < -0.4 is 9.80 Å². The van der Waals surface area contributed by atoms with Crippen LogP contribution in [0.4, 0.5) is 34.1 Å². The second kappa shape index (κ2) is 18.3. The first-order chi connectivity index (χ1) is 44.9. The third kappa shape index (κ3) is 6.79. The van der Waals surface area contributed by atoms with E-state index in [4.69, 9.17) is 8.22 Å². The lowest BCUT2D eigenvalue weighted by atomic mass is 9.89. The molecule has 0 aliphatic heterocycles. The van der Waals surface area contributed by atoms with Gasteiger partial charge in [-0.25, -0.2) is 0 Å². The lowest BCUT2D eigenvalue weighted by Gasteiger charge is -2.27. The Morgan fingerprint density at radius 2 is 0.585 bits per heavy atom. The first-order valence-electron chi connectivity index (χ1n) is 32.4. The highest BCUT2D eigenvalue weighted by Gasteiger charge is 2.32. The van der Waals surface area contributed by atoms with E-state index in [9.17, 15) is 5.48 Å². The fourth-order valence-electron chi connectivity index (χ4n) is 13.3. The molecule has 17 rings (SSSR count). The highest BCUT2D eigenvalue weighted by atomic mass is 15.2. The number of aromatic nitrogens is 2. The van der Waals surface area contributed by atoms with E-state index >= 15 is 0 Å². The topological polar surface area (TPSA) is 15.3 Å². The quantitative estimate of drug-likeness (QED) is 0.136. The van der Waals surface area contributed by atoms with E-state index in [0.29, 0.717) is 22.7 Å². The minimum absolute atomic E-state index is 0.0277. The Morgan fingerprint density at radius 1 is 0.256 bits per heavy atom. The van der Waals surface area contributed by atoms with Gasteiger partial charge in [0.1, 0.15) is 0 Å². The Labute approximate surface area is 488 Å². The van der Waals surface area contributed by atoms with Gasteiger partial charge in [-0.1, -0.05) is 230 Å². The fourth-order valence-corrected chi connectivity index (χ4v) is 13.3. The Hall–Kier alpha value is -10.9. The zero-order chi connectivity index (χ0) is 62.5. The monoisotopic (exact) mass is 1050 g/mol. The van der Waals surface area contributed by atoms with Crippen molar-refractivity contribution in [1.29, 1.82) is 0 Å². The maximum atomic E-state index is 9.57. The molecular formula is C78H50N4. The van der Waals surface area contributed by atoms with Crippen LogP contribution in [0, 0.1) is 0 Å². The highest BCUT2D eigenvalue weighted by Crippen LogP contribution is 2.56. The molecule has 4 heteroatoms. The summed E-state index contributed by atoms with van der Waals surface area (Å²) >= 11 is 0. The van der Waals surface area contributed by atoms with Crippen LogP contribution in [-0.2, 0) is 0 Å². The number of anilines is 6. The zero-order valence-corrected chi connectivity index (χ0v) is 43.9. The second-order valence-electron chi connectivity index (χ2n) is 20.8. The maximum absolute atomic E-state index is 9.57. The van der Waals surface area contributed by atoms with Gasteiger partial charge in [0.2, 0.25) is 0 Å². The molecule has 0 bridgehead atoms. The lowest BCUT2D eigenvalue weighted by Crippen LogP contribution is -2.10. The van der Waals surface area contributed by atoms with Crippen LogP contribution in [0.1, 0.15) is 13.7 Å². The molecule has 17 aromatic rings. The van der Waals surface area contributed by atoms with Crippen molar-refractivity contribution in [3.05, 3.63) is 303 Å². The van der Waals surface area contributed by atoms with E-state index < -0.39 is 36.3 Å². The molecular weight excluding hydrogens is 993 g/mol. The van der Waals surface area contributed by atoms with Crippen molar-refractivity contribution in [1.82, 2.24) is 8.80 Å². The van der Waals surface area contributed by atoms with Gasteiger partial charge in [-0.15, -0.1) is 0 Å². The molecule has 82 heavy (non-hydrogen) atoms. The molecule has 4 nitrogen and oxygen atoms in total. The van der Waals surface area contributed by atoms with Gasteiger partial charge >= 0.3 is 0 Å². The molecule has 4 aromatic heterocycles. The molecule has 0 saturated heterocycles. The van der Waals surface area contributed by atoms with E-state index in [1.165, 1.54) is 0 Å². The predicted octanol–water partition coefficient (Wildman–Crippen LogP) is 21.6. The van der Waals surface area contributed by atoms with Gasteiger partial charge in [-0.05, 0) is 106 Å². The molecule has 0 spiro atoms. The van der Waals surface area contributed by atoms with Gasteiger partial charge in [0.05, 0.1) is 58.2 Å². The van der Waals surface area contributed by atoms with E-state index in [0.717, 1.165) is 121 Å². The van der Waals surface area contributed by atoms with Crippen LogP contribution in [-0.4, -0.2) is 8.80 Å². The molecule has 382 valence electrons. The molecule has 4 heterocycles. The van der Waals surface area contributed by atoms with Crippen LogP contribution in [0.25, 0.3) is 121 Å². The summed E-state index contributed by atoms with van der Waals surface area (Å²) in [7, 11) is 0. The molecule has 0 unspecified atom stereocenters. The largest absolute Gasteiger partial charge is 0.310 e. The average molecular weight is 1050 g/mol. The molecule has 0 amide bonds. The number of hydrogen-bond donors (Lipinski definition) is 0. The molecule has 0 atom stereocenters. The van der Waals surface area contributed by atoms with Gasteiger partial charge in [-0.2, -0.15) is 0 Å². The van der Waals surface area contributed by atoms with Crippen LogP contribution in [0.15, 0.2) is 303 Å². The number of para-hydroxylation sites is 4. The summed E-state index contributed by atoms with van der Waals surface area (Å²) in [5.41, 5.74) is 15.8. The highest BCUT2D eigenvalue weighted by molar-refractivity contribution is 6.39. The van der Waals surface area contributed by atoms with Crippen LogP contribution >= 0.6 is 0 Å². The lowest BCUT2D eigenvalue weighted by molar-refractivity contribution is 1.29. The minimum Gasteiger partial charge on any atom is -0.310 e. The molecule has 0 N–H and O–H groups in total. The fraction of sp³-hybridized carbons (Fsp3) is 0. The Balaban J connectivity index is 1.02. The molecule has 0 radical (unpaired) electrons. The SMILES string of the molecule is [2H]c1c([2H])c([2H])c(N(c2cccc(-c3ccccc3)c2)c2cccc3c2c2cccc4c5c(-c6ccccc6)c6c(c(-c7ccccc7)c5n3c24)c2cccc3c4c(N(c5cccc(-c7ccccc7)c5)c5c([2H])c([2H])c([2H])c([2H])c5[2H])cccc4n6c32)c([2H])c1[2H]. The van der Waals surface area contributed by atoms with Crippen molar-refractivity contribution in [3.8, 4) is 44.5 Å². The molecule has 0 fully saturated rings. The van der Waals surface area contributed by atoms with E-state index in [1.54, 1.807) is 0 Å². The van der Waals surface area contributed by atoms with Gasteiger partial charge in [0, 0.05) is 77.0 Å². The standard InChI is InChI=1S/C78H50N4/c1-7-25-51(26-8-1)55-33-19-39-59(49-55)79(57-35-15-5-16-36-57)65-45-23-47-67-71(65)61-41-21-43-63-73-70(54-31-13-4-14-32-54)78-74(69(53-29-11-3-12-30-53)77(73)81(67)75(61)63)64-44-22-42-62-72-66(46-24-48-68(72)82(78)76(62)64)80(58-37-17-6-18-38-58)60-40-20-34-56(50-60)52-27-9-2-10-28-52/h1-50H/i5D,6D,15D,16D,17D,18D,35D,36D,37D,38D.